The number of anilines is 1. The van der Waals surface area contributed by atoms with Gasteiger partial charge in [0.2, 0.25) is 5.91 Å². The number of fused-ring (bicyclic) bond motifs is 1. The van der Waals surface area contributed by atoms with Gasteiger partial charge in [0.1, 0.15) is 0 Å². The molecule has 0 unspecified atom stereocenters. The van der Waals surface area contributed by atoms with Gasteiger partial charge in [0, 0.05) is 25.0 Å². The van der Waals surface area contributed by atoms with Gasteiger partial charge in [-0.1, -0.05) is 23.4 Å². The number of rotatable bonds is 8. The van der Waals surface area contributed by atoms with Crippen molar-refractivity contribution in [1.29, 1.82) is 0 Å². The van der Waals surface area contributed by atoms with E-state index in [9.17, 15) is 18.0 Å². The molecule has 0 aliphatic heterocycles. The molecule has 0 bridgehead atoms. The minimum absolute atomic E-state index is 0.0506. The van der Waals surface area contributed by atoms with Crippen LogP contribution in [0.3, 0.4) is 0 Å². The van der Waals surface area contributed by atoms with Crippen molar-refractivity contribution in [2.45, 2.75) is 23.1 Å². The third kappa shape index (κ3) is 5.80. The van der Waals surface area contributed by atoms with Gasteiger partial charge in [-0.3, -0.25) is 9.59 Å². The topological polar surface area (TPSA) is 96.4 Å². The lowest BCUT2D eigenvalue weighted by Gasteiger charge is -2.17. The van der Waals surface area contributed by atoms with Gasteiger partial charge in [0.15, 0.2) is 14.2 Å². The van der Waals surface area contributed by atoms with E-state index in [-0.39, 0.29) is 21.4 Å². The number of thioether (sulfide) groups is 1. The third-order valence-electron chi connectivity index (χ3n) is 4.68. The van der Waals surface area contributed by atoms with Crippen LogP contribution < -0.4 is 5.32 Å². The molecule has 0 aliphatic rings. The number of benzene rings is 2. The second kappa shape index (κ2) is 10.2. The first-order chi connectivity index (χ1) is 15.1. The van der Waals surface area contributed by atoms with Crippen molar-refractivity contribution in [3.8, 4) is 0 Å². The van der Waals surface area contributed by atoms with Gasteiger partial charge in [-0.05, 0) is 50.2 Å². The van der Waals surface area contributed by atoms with Crippen LogP contribution >= 0.6 is 34.7 Å². The van der Waals surface area contributed by atoms with Crippen LogP contribution in [0.25, 0.3) is 10.2 Å². The summed E-state index contributed by atoms with van der Waals surface area (Å²) in [5.74, 6) is -0.0445. The summed E-state index contributed by atoms with van der Waals surface area (Å²) in [6, 6.07) is 9.34. The van der Waals surface area contributed by atoms with Crippen molar-refractivity contribution in [1.82, 2.24) is 9.88 Å². The summed E-state index contributed by atoms with van der Waals surface area (Å²) in [6.07, 6.45) is 1.08. The zero-order valence-corrected chi connectivity index (χ0v) is 20.9. The number of thiazole rings is 1. The highest BCUT2D eigenvalue weighted by Crippen LogP contribution is 2.32. The lowest BCUT2D eigenvalue weighted by atomic mass is 10.2. The Labute approximate surface area is 200 Å². The largest absolute Gasteiger partial charge is 0.343 e. The van der Waals surface area contributed by atoms with E-state index in [1.165, 1.54) is 41.3 Å². The van der Waals surface area contributed by atoms with Crippen molar-refractivity contribution in [2.75, 3.05) is 30.4 Å². The van der Waals surface area contributed by atoms with Gasteiger partial charge in [0.25, 0.3) is 5.91 Å². The number of hydrogen-bond acceptors (Lipinski definition) is 7. The summed E-state index contributed by atoms with van der Waals surface area (Å²) >= 11 is 8.98. The Morgan fingerprint density at radius 2 is 1.88 bits per heavy atom. The van der Waals surface area contributed by atoms with Gasteiger partial charge in [-0.25, -0.2) is 13.4 Å². The Balaban J connectivity index is 1.72. The van der Waals surface area contributed by atoms with E-state index in [1.54, 1.807) is 23.1 Å². The quantitative estimate of drug-likeness (QED) is 0.445. The minimum Gasteiger partial charge on any atom is -0.343 e. The molecule has 0 aliphatic carbocycles. The average molecular weight is 512 g/mol. The molecule has 2 aromatic carbocycles. The molecule has 1 N–H and O–H groups in total. The molecule has 0 saturated carbocycles. The van der Waals surface area contributed by atoms with Crippen LogP contribution in [0.15, 0.2) is 45.6 Å². The number of carbonyl (C=O) groups is 2. The fourth-order valence-electron chi connectivity index (χ4n) is 2.94. The second-order valence-electron chi connectivity index (χ2n) is 6.88. The van der Waals surface area contributed by atoms with E-state index in [0.29, 0.717) is 24.5 Å². The number of nitrogens with zero attached hydrogens (tertiary/aromatic N) is 2. The van der Waals surface area contributed by atoms with Gasteiger partial charge in [0.05, 0.1) is 31.5 Å². The monoisotopic (exact) mass is 511 g/mol. The van der Waals surface area contributed by atoms with E-state index in [1.807, 2.05) is 13.8 Å². The summed E-state index contributed by atoms with van der Waals surface area (Å²) in [4.78, 5) is 31.2. The number of sulfone groups is 1. The summed E-state index contributed by atoms with van der Waals surface area (Å²) in [6.45, 7) is 5.26. The average Bonchev–Trinajstić information content (AvgIpc) is 3.14. The summed E-state index contributed by atoms with van der Waals surface area (Å²) in [7, 11) is -3.41. The first kappa shape index (κ1) is 24.5. The maximum Gasteiger partial charge on any atom is 0.257 e. The van der Waals surface area contributed by atoms with E-state index < -0.39 is 15.7 Å². The summed E-state index contributed by atoms with van der Waals surface area (Å²) < 4.78 is 24.9. The molecule has 1 heterocycles. The number of amides is 2. The fraction of sp³-hybridized carbons (Fsp3) is 0.286. The van der Waals surface area contributed by atoms with Gasteiger partial charge < -0.3 is 10.2 Å². The standard InChI is InChI=1S/C21H22ClN3O4S3/c1-4-25(5-2)19(26)12-30-21-24-17-9-6-13(10-18(17)31-21)23-20(27)15-8-7-14(11-16(15)22)32(3,28)29/h6-11H,4-5,12H2,1-3H3,(H,23,27). The van der Waals surface area contributed by atoms with Crippen molar-refractivity contribution < 1.29 is 18.0 Å². The van der Waals surface area contributed by atoms with Crippen LogP contribution in [0.2, 0.25) is 5.02 Å². The number of hydrogen-bond donors (Lipinski definition) is 1. The Hall–Kier alpha value is -2.14. The van der Waals surface area contributed by atoms with E-state index in [4.69, 9.17) is 11.6 Å². The predicted molar refractivity (Wildman–Crippen MR) is 131 cm³/mol. The predicted octanol–water partition coefficient (Wildman–Crippen LogP) is 4.57. The molecule has 0 atom stereocenters. The smallest absolute Gasteiger partial charge is 0.257 e. The molecule has 2 amide bonds. The van der Waals surface area contributed by atoms with Crippen LogP contribution in [0, 0.1) is 0 Å². The molecular weight excluding hydrogens is 490 g/mol. The Morgan fingerprint density at radius 3 is 2.50 bits per heavy atom. The number of nitrogens with one attached hydrogen (secondary N) is 1. The van der Waals surface area contributed by atoms with Crippen molar-refractivity contribution in [2.24, 2.45) is 0 Å². The molecule has 0 saturated heterocycles. The molecule has 3 aromatic rings. The first-order valence-corrected chi connectivity index (χ1v) is 13.8. The molecule has 32 heavy (non-hydrogen) atoms. The Kier molecular flexibility index (Phi) is 7.81. The van der Waals surface area contributed by atoms with Crippen molar-refractivity contribution >= 4 is 72.3 Å². The van der Waals surface area contributed by atoms with Crippen molar-refractivity contribution in [3.05, 3.63) is 47.0 Å². The maximum atomic E-state index is 12.6. The van der Waals surface area contributed by atoms with E-state index >= 15 is 0 Å². The van der Waals surface area contributed by atoms with E-state index in [0.717, 1.165) is 20.8 Å². The molecule has 0 spiro atoms. The molecule has 170 valence electrons. The zero-order chi connectivity index (χ0) is 23.5. The Bertz CT molecular complexity index is 1270. The minimum atomic E-state index is -3.41. The number of halogens is 1. The van der Waals surface area contributed by atoms with E-state index in [2.05, 4.69) is 10.3 Å². The summed E-state index contributed by atoms with van der Waals surface area (Å²) in [5, 5.41) is 2.83. The number of aromatic nitrogens is 1. The zero-order valence-electron chi connectivity index (χ0n) is 17.7. The van der Waals surface area contributed by atoms with Crippen LogP contribution in [0.1, 0.15) is 24.2 Å². The molecule has 0 radical (unpaired) electrons. The molecule has 0 fully saturated rings. The SMILES string of the molecule is CCN(CC)C(=O)CSc1nc2ccc(NC(=O)c3ccc(S(C)(=O)=O)cc3Cl)cc2s1. The normalized spacial score (nSPS) is 11.5. The van der Waals surface area contributed by atoms with Crippen LogP contribution in [0.5, 0.6) is 0 Å². The maximum absolute atomic E-state index is 12.6. The van der Waals surface area contributed by atoms with Crippen LogP contribution in [-0.4, -0.2) is 55.2 Å². The van der Waals surface area contributed by atoms with Gasteiger partial charge >= 0.3 is 0 Å². The molecule has 3 rings (SSSR count). The molecule has 1 aromatic heterocycles. The molecular formula is C21H22ClN3O4S3. The van der Waals surface area contributed by atoms with Gasteiger partial charge in [-0.2, -0.15) is 0 Å². The summed E-state index contributed by atoms with van der Waals surface area (Å²) in [5.41, 5.74) is 1.51. The van der Waals surface area contributed by atoms with Crippen LogP contribution in [-0.2, 0) is 14.6 Å². The lowest BCUT2D eigenvalue weighted by Crippen LogP contribution is -2.31. The number of carbonyl (C=O) groups excluding carboxylic acids is 2. The van der Waals surface area contributed by atoms with Gasteiger partial charge in [-0.15, -0.1) is 11.3 Å². The van der Waals surface area contributed by atoms with Crippen molar-refractivity contribution in [3.63, 3.8) is 0 Å². The fourth-order valence-corrected chi connectivity index (χ4v) is 5.93. The molecule has 11 heteroatoms. The lowest BCUT2D eigenvalue weighted by molar-refractivity contribution is -0.127. The Morgan fingerprint density at radius 1 is 1.16 bits per heavy atom. The van der Waals surface area contributed by atoms with Crippen LogP contribution in [0.4, 0.5) is 5.69 Å². The highest BCUT2D eigenvalue weighted by molar-refractivity contribution is 8.01. The highest BCUT2D eigenvalue weighted by Gasteiger charge is 2.16. The second-order valence-corrected chi connectivity index (χ2v) is 11.6. The molecule has 7 nitrogen and oxygen atoms in total. The third-order valence-corrected chi connectivity index (χ3v) is 8.24. The highest BCUT2D eigenvalue weighted by atomic mass is 35.5. The first-order valence-electron chi connectivity index (χ1n) is 9.74.